The van der Waals surface area contributed by atoms with Crippen LogP contribution in [0.1, 0.15) is 13.8 Å². The first-order valence-corrected chi connectivity index (χ1v) is 11.1. The number of terminal acetylenes is 1. The minimum absolute atomic E-state index is 0.0510. The van der Waals surface area contributed by atoms with Gasteiger partial charge in [-0.3, -0.25) is 14.2 Å². The summed E-state index contributed by atoms with van der Waals surface area (Å²) in [7, 11) is 0. The van der Waals surface area contributed by atoms with Gasteiger partial charge in [0.25, 0.3) is 5.56 Å². The van der Waals surface area contributed by atoms with E-state index in [0.717, 1.165) is 10.4 Å². The molecule has 0 atom stereocenters. The number of thiophene rings is 2. The molecule has 0 unspecified atom stereocenters. The normalized spacial score (nSPS) is 11.0. The topological polar surface area (TPSA) is 64.0 Å². The summed E-state index contributed by atoms with van der Waals surface area (Å²) in [6.07, 6.45) is 5.16. The van der Waals surface area contributed by atoms with Gasteiger partial charge in [0.15, 0.2) is 5.16 Å². The Bertz CT molecular complexity index is 1040. The van der Waals surface area contributed by atoms with Crippen LogP contribution < -0.4 is 10.9 Å². The summed E-state index contributed by atoms with van der Waals surface area (Å²) in [5.41, 5.74) is 0.883. The molecule has 5 nitrogen and oxygen atoms in total. The van der Waals surface area contributed by atoms with Gasteiger partial charge >= 0.3 is 0 Å². The van der Waals surface area contributed by atoms with Crippen LogP contribution in [0.5, 0.6) is 0 Å². The summed E-state index contributed by atoms with van der Waals surface area (Å²) in [6.45, 7) is 4.85. The number of carbonyl (C=O) groups excluding carboxylic acids is 1. The zero-order valence-corrected chi connectivity index (χ0v) is 17.5. The Morgan fingerprint density at radius 2 is 2.26 bits per heavy atom. The molecule has 0 aliphatic heterocycles. The highest BCUT2D eigenvalue weighted by Gasteiger charge is 2.19. The minimum atomic E-state index is -0.172. The number of amides is 1. The highest BCUT2D eigenvalue weighted by atomic mass is 32.2. The molecule has 1 N–H and O–H groups in total. The van der Waals surface area contributed by atoms with Gasteiger partial charge in [0.05, 0.1) is 17.7 Å². The molecule has 3 rings (SSSR count). The second kappa shape index (κ2) is 8.74. The molecular formula is C19H19N3O2S3. The van der Waals surface area contributed by atoms with Crippen molar-refractivity contribution >= 4 is 50.6 Å². The molecule has 8 heteroatoms. The average molecular weight is 418 g/mol. The number of nitrogens with zero attached hydrogens (tertiary/aromatic N) is 2. The number of rotatable bonds is 7. The fourth-order valence-corrected chi connectivity index (χ4v) is 5.23. The van der Waals surface area contributed by atoms with E-state index in [1.54, 1.807) is 15.9 Å². The smallest absolute Gasteiger partial charge is 0.263 e. The lowest BCUT2D eigenvalue weighted by Crippen LogP contribution is -2.28. The van der Waals surface area contributed by atoms with E-state index in [9.17, 15) is 9.59 Å². The molecular weight excluding hydrogens is 398 g/mol. The van der Waals surface area contributed by atoms with Crippen LogP contribution in [0.2, 0.25) is 0 Å². The molecule has 3 aromatic heterocycles. The molecule has 0 saturated carbocycles. The number of thioether (sulfide) groups is 1. The van der Waals surface area contributed by atoms with Gasteiger partial charge in [0.1, 0.15) is 4.83 Å². The summed E-state index contributed by atoms with van der Waals surface area (Å²) in [5, 5.41) is 7.84. The maximum absolute atomic E-state index is 13.3. The third-order valence-corrected chi connectivity index (χ3v) is 6.46. The predicted molar refractivity (Wildman–Crippen MR) is 115 cm³/mol. The first kappa shape index (κ1) is 19.7. The van der Waals surface area contributed by atoms with E-state index in [1.165, 1.54) is 23.1 Å². The number of nitrogens with one attached hydrogen (secondary N) is 1. The van der Waals surface area contributed by atoms with E-state index >= 15 is 0 Å². The van der Waals surface area contributed by atoms with Gasteiger partial charge in [-0.2, -0.15) is 0 Å². The Morgan fingerprint density at radius 1 is 1.44 bits per heavy atom. The lowest BCUT2D eigenvalue weighted by atomic mass is 10.2. The van der Waals surface area contributed by atoms with Crippen molar-refractivity contribution in [1.29, 1.82) is 0 Å². The van der Waals surface area contributed by atoms with Gasteiger partial charge in [0, 0.05) is 22.4 Å². The molecule has 0 aliphatic carbocycles. The van der Waals surface area contributed by atoms with Crippen molar-refractivity contribution in [2.45, 2.75) is 25.5 Å². The summed E-state index contributed by atoms with van der Waals surface area (Å²) < 4.78 is 1.69. The summed E-state index contributed by atoms with van der Waals surface area (Å²) in [5.74, 6) is 2.65. The molecule has 0 spiro atoms. The molecule has 0 bridgehead atoms. The molecule has 0 aromatic carbocycles. The molecule has 1 amide bonds. The maximum atomic E-state index is 13.3. The van der Waals surface area contributed by atoms with Crippen LogP contribution in [-0.4, -0.2) is 27.8 Å². The van der Waals surface area contributed by atoms with Gasteiger partial charge < -0.3 is 5.32 Å². The quantitative estimate of drug-likeness (QED) is 0.362. The van der Waals surface area contributed by atoms with E-state index in [4.69, 9.17) is 11.4 Å². The number of aromatic nitrogens is 2. The van der Waals surface area contributed by atoms with Crippen LogP contribution in [0.25, 0.3) is 20.7 Å². The predicted octanol–water partition coefficient (Wildman–Crippen LogP) is 3.68. The molecule has 0 saturated heterocycles. The summed E-state index contributed by atoms with van der Waals surface area (Å²) in [6, 6.07) is 3.99. The average Bonchev–Trinajstić information content (AvgIpc) is 3.29. The van der Waals surface area contributed by atoms with Crippen LogP contribution in [0.15, 0.2) is 32.8 Å². The Hall–Kier alpha value is -2.08. The zero-order chi connectivity index (χ0) is 19.4. The van der Waals surface area contributed by atoms with Crippen LogP contribution in [0.4, 0.5) is 0 Å². The van der Waals surface area contributed by atoms with Crippen molar-refractivity contribution in [3.05, 3.63) is 33.2 Å². The fraction of sp³-hybridized carbons (Fsp3) is 0.316. The molecule has 0 radical (unpaired) electrons. The Kier molecular flexibility index (Phi) is 6.37. The van der Waals surface area contributed by atoms with Gasteiger partial charge in [-0.1, -0.05) is 37.6 Å². The number of carbonyl (C=O) groups is 1. The van der Waals surface area contributed by atoms with Crippen LogP contribution in [-0.2, 0) is 11.3 Å². The van der Waals surface area contributed by atoms with Crippen molar-refractivity contribution in [1.82, 2.24) is 14.9 Å². The summed E-state index contributed by atoms with van der Waals surface area (Å²) in [4.78, 5) is 31.6. The molecule has 0 aliphatic rings. The SMILES string of the molecule is C#CCNC(=O)CSc1nc2scc(-c3cccs3)c2c(=O)n1CC(C)C. The van der Waals surface area contributed by atoms with Crippen molar-refractivity contribution in [2.24, 2.45) is 5.92 Å². The molecule has 3 aromatic rings. The Labute approximate surface area is 169 Å². The van der Waals surface area contributed by atoms with E-state index in [1.807, 2.05) is 22.9 Å². The second-order valence-corrected chi connectivity index (χ2v) is 9.03. The van der Waals surface area contributed by atoms with E-state index < -0.39 is 0 Å². The Morgan fingerprint density at radius 3 is 2.93 bits per heavy atom. The van der Waals surface area contributed by atoms with Crippen molar-refractivity contribution in [3.8, 4) is 22.8 Å². The monoisotopic (exact) mass is 417 g/mol. The highest BCUT2D eigenvalue weighted by Crippen LogP contribution is 2.34. The number of hydrogen-bond donors (Lipinski definition) is 1. The second-order valence-electron chi connectivity index (χ2n) is 6.28. The van der Waals surface area contributed by atoms with E-state index in [2.05, 4.69) is 25.1 Å². The fourth-order valence-electron chi connectivity index (χ4n) is 2.59. The molecule has 27 heavy (non-hydrogen) atoms. The van der Waals surface area contributed by atoms with Gasteiger partial charge in [-0.05, 0) is 17.4 Å². The van der Waals surface area contributed by atoms with E-state index in [-0.39, 0.29) is 29.7 Å². The highest BCUT2D eigenvalue weighted by molar-refractivity contribution is 7.99. The van der Waals surface area contributed by atoms with Crippen LogP contribution in [0, 0.1) is 18.3 Å². The first-order chi connectivity index (χ1) is 13.0. The third-order valence-electron chi connectivity index (χ3n) is 3.71. The first-order valence-electron chi connectivity index (χ1n) is 8.40. The molecule has 140 valence electrons. The third kappa shape index (κ3) is 4.43. The minimum Gasteiger partial charge on any atom is -0.344 e. The number of hydrogen-bond acceptors (Lipinski definition) is 6. The van der Waals surface area contributed by atoms with Crippen LogP contribution >= 0.6 is 34.4 Å². The zero-order valence-electron chi connectivity index (χ0n) is 15.0. The standard InChI is InChI=1S/C19H19N3O2S3/c1-4-7-20-15(23)11-27-19-21-17-16(18(24)22(19)9-12(2)3)13(10-26-17)14-6-5-8-25-14/h1,5-6,8,10,12H,7,9,11H2,2-3H3,(H,20,23). The van der Waals surface area contributed by atoms with Crippen molar-refractivity contribution < 1.29 is 4.79 Å². The lowest BCUT2D eigenvalue weighted by molar-refractivity contribution is -0.118. The molecule has 0 fully saturated rings. The number of fused-ring (bicyclic) bond motifs is 1. The van der Waals surface area contributed by atoms with Gasteiger partial charge in [-0.25, -0.2) is 4.98 Å². The van der Waals surface area contributed by atoms with Crippen LogP contribution in [0.3, 0.4) is 0 Å². The van der Waals surface area contributed by atoms with Gasteiger partial charge in [0.2, 0.25) is 5.91 Å². The van der Waals surface area contributed by atoms with Crippen molar-refractivity contribution in [2.75, 3.05) is 12.3 Å². The van der Waals surface area contributed by atoms with E-state index in [0.29, 0.717) is 21.9 Å². The lowest BCUT2D eigenvalue weighted by Gasteiger charge is -2.14. The maximum Gasteiger partial charge on any atom is 0.263 e. The Balaban J connectivity index is 2.02. The van der Waals surface area contributed by atoms with Gasteiger partial charge in [-0.15, -0.1) is 29.1 Å². The summed E-state index contributed by atoms with van der Waals surface area (Å²) >= 11 is 4.33. The largest absolute Gasteiger partial charge is 0.344 e. The van der Waals surface area contributed by atoms with Crippen molar-refractivity contribution in [3.63, 3.8) is 0 Å². The molecule has 3 heterocycles.